The molecule has 6 nitrogen and oxygen atoms in total. The van der Waals surface area contributed by atoms with Gasteiger partial charge in [0, 0.05) is 22.7 Å². The number of carbonyl (C=O) groups excluding carboxylic acids is 1. The molecule has 1 aromatic carbocycles. The van der Waals surface area contributed by atoms with E-state index in [1.165, 1.54) is 6.21 Å². The van der Waals surface area contributed by atoms with Gasteiger partial charge in [-0.05, 0) is 18.3 Å². The van der Waals surface area contributed by atoms with E-state index in [2.05, 4.69) is 27.7 Å². The van der Waals surface area contributed by atoms with Gasteiger partial charge in [-0.3, -0.25) is 4.79 Å². The first-order valence-corrected chi connectivity index (χ1v) is 5.88. The first kappa shape index (κ1) is 13.0. The Kier molecular flexibility index (Phi) is 4.09. The van der Waals surface area contributed by atoms with Crippen molar-refractivity contribution in [3.63, 3.8) is 0 Å². The lowest BCUT2D eigenvalue weighted by atomic mass is 10.2. The van der Waals surface area contributed by atoms with Gasteiger partial charge >= 0.3 is 0 Å². The number of nitrogens with two attached hydrogens (primary N) is 1. The number of amides is 1. The fourth-order valence-electron chi connectivity index (χ4n) is 1.56. The third-order valence-corrected chi connectivity index (χ3v) is 2.45. The Morgan fingerprint density at radius 1 is 1.53 bits per heavy atom. The van der Waals surface area contributed by atoms with Crippen LogP contribution in [0.3, 0.4) is 0 Å². The number of aromatic amines is 1. The van der Waals surface area contributed by atoms with Crippen LogP contribution < -0.4 is 11.1 Å². The van der Waals surface area contributed by atoms with Gasteiger partial charge in [0.15, 0.2) is 11.7 Å². The summed E-state index contributed by atoms with van der Waals surface area (Å²) in [5.74, 6) is -0.441. The molecular formula is C12H12N4O2S. The van der Waals surface area contributed by atoms with Gasteiger partial charge in [0.1, 0.15) is 0 Å². The van der Waals surface area contributed by atoms with Gasteiger partial charge in [0.25, 0.3) is 5.91 Å². The number of para-hydroxylation sites is 1. The molecule has 0 aliphatic heterocycles. The molecule has 0 bridgehead atoms. The van der Waals surface area contributed by atoms with Gasteiger partial charge in [0.05, 0.1) is 6.21 Å². The molecule has 0 unspecified atom stereocenters. The number of fused-ring (bicyclic) bond motifs is 1. The van der Waals surface area contributed by atoms with Gasteiger partial charge in [-0.2, -0.15) is 0 Å². The van der Waals surface area contributed by atoms with Crippen molar-refractivity contribution in [1.29, 1.82) is 0 Å². The maximum atomic E-state index is 11.1. The highest BCUT2D eigenvalue weighted by Crippen LogP contribution is 2.15. The Hall–Kier alpha value is -2.41. The summed E-state index contributed by atoms with van der Waals surface area (Å²) in [6, 6.07) is 7.80. The monoisotopic (exact) mass is 276 g/mol. The third kappa shape index (κ3) is 3.52. The summed E-state index contributed by atoms with van der Waals surface area (Å²) in [7, 11) is 0. The van der Waals surface area contributed by atoms with Crippen molar-refractivity contribution in [3.8, 4) is 0 Å². The van der Waals surface area contributed by atoms with Gasteiger partial charge in [-0.15, -0.1) is 0 Å². The Balaban J connectivity index is 1.92. The van der Waals surface area contributed by atoms with E-state index in [0.29, 0.717) is 0 Å². The fourth-order valence-corrected chi connectivity index (χ4v) is 1.68. The molecule has 98 valence electrons. The summed E-state index contributed by atoms with van der Waals surface area (Å²) in [5.41, 5.74) is 7.03. The average Bonchev–Trinajstić information content (AvgIpc) is 2.77. The number of rotatable bonds is 4. The summed E-state index contributed by atoms with van der Waals surface area (Å²) in [4.78, 5) is 19.1. The van der Waals surface area contributed by atoms with E-state index in [0.717, 1.165) is 16.5 Å². The van der Waals surface area contributed by atoms with Crippen LogP contribution >= 0.6 is 12.2 Å². The number of oxime groups is 1. The molecule has 1 amide bonds. The van der Waals surface area contributed by atoms with E-state index in [1.807, 2.05) is 30.5 Å². The van der Waals surface area contributed by atoms with Crippen LogP contribution in [-0.2, 0) is 9.63 Å². The molecule has 7 heteroatoms. The summed E-state index contributed by atoms with van der Waals surface area (Å²) in [6.07, 6.45) is 3.35. The molecule has 4 N–H and O–H groups in total. The van der Waals surface area contributed by atoms with Gasteiger partial charge in [-0.25, -0.2) is 0 Å². The number of aromatic nitrogens is 1. The topological polar surface area (TPSA) is 92.5 Å². The molecule has 0 radical (unpaired) electrons. The fraction of sp³-hybridized carbons (Fsp3) is 0.0833. The number of nitrogens with one attached hydrogen (secondary N) is 2. The second-order valence-corrected chi connectivity index (χ2v) is 4.15. The van der Waals surface area contributed by atoms with Crippen molar-refractivity contribution in [2.45, 2.75) is 0 Å². The van der Waals surface area contributed by atoms with E-state index in [1.54, 1.807) is 0 Å². The van der Waals surface area contributed by atoms with Crippen molar-refractivity contribution in [2.75, 3.05) is 6.61 Å². The van der Waals surface area contributed by atoms with Gasteiger partial charge in [0.2, 0.25) is 0 Å². The van der Waals surface area contributed by atoms with Gasteiger partial charge < -0.3 is 20.9 Å². The number of hydrogen-bond donors (Lipinski definition) is 3. The van der Waals surface area contributed by atoms with E-state index >= 15 is 0 Å². The van der Waals surface area contributed by atoms with E-state index in [4.69, 9.17) is 10.6 Å². The maximum absolute atomic E-state index is 11.1. The molecule has 1 heterocycles. The molecule has 0 atom stereocenters. The van der Waals surface area contributed by atoms with Crippen molar-refractivity contribution < 1.29 is 9.63 Å². The Labute approximate surface area is 114 Å². The summed E-state index contributed by atoms with van der Waals surface area (Å²) >= 11 is 4.52. The lowest BCUT2D eigenvalue weighted by Gasteiger charge is -2.00. The highest BCUT2D eigenvalue weighted by Gasteiger charge is 2.02. The Bertz CT molecular complexity index is 635. The van der Waals surface area contributed by atoms with E-state index < -0.39 is 5.91 Å². The van der Waals surface area contributed by atoms with Crippen LogP contribution in [0.25, 0.3) is 10.9 Å². The summed E-state index contributed by atoms with van der Waals surface area (Å²) in [5, 5.41) is 6.89. The van der Waals surface area contributed by atoms with Crippen molar-refractivity contribution >= 4 is 40.4 Å². The zero-order valence-corrected chi connectivity index (χ0v) is 10.7. The Morgan fingerprint density at radius 2 is 2.32 bits per heavy atom. The molecular weight excluding hydrogens is 264 g/mol. The predicted molar refractivity (Wildman–Crippen MR) is 76.8 cm³/mol. The smallest absolute Gasteiger partial charge is 0.266 e. The van der Waals surface area contributed by atoms with Crippen LogP contribution in [0.15, 0.2) is 35.6 Å². The molecule has 19 heavy (non-hydrogen) atoms. The minimum atomic E-state index is -0.441. The molecule has 0 aliphatic carbocycles. The molecule has 0 saturated carbocycles. The lowest BCUT2D eigenvalue weighted by molar-refractivity contribution is -0.124. The molecule has 2 rings (SSSR count). The van der Waals surface area contributed by atoms with Crippen LogP contribution in [0.4, 0.5) is 0 Å². The lowest BCUT2D eigenvalue weighted by Crippen LogP contribution is -2.36. The van der Waals surface area contributed by atoms with Crippen molar-refractivity contribution in [1.82, 2.24) is 10.3 Å². The first-order chi connectivity index (χ1) is 9.16. The standard InChI is InChI=1S/C12H12N4O2S/c13-12(19)16-11(17)7-18-15-6-8-5-14-10-4-2-1-3-9(8)10/h1-6,14H,7H2,(H3,13,16,17,19)/b15-6+. The third-order valence-electron chi connectivity index (χ3n) is 2.35. The number of benzene rings is 1. The summed E-state index contributed by atoms with van der Waals surface area (Å²) < 4.78 is 0. The average molecular weight is 276 g/mol. The number of nitrogens with zero attached hydrogens (tertiary/aromatic N) is 1. The minimum absolute atomic E-state index is 0.0887. The number of hydrogen-bond acceptors (Lipinski definition) is 4. The highest BCUT2D eigenvalue weighted by atomic mass is 32.1. The van der Waals surface area contributed by atoms with E-state index in [-0.39, 0.29) is 11.7 Å². The van der Waals surface area contributed by atoms with Crippen LogP contribution in [-0.4, -0.2) is 28.8 Å². The van der Waals surface area contributed by atoms with Crippen molar-refractivity contribution in [2.24, 2.45) is 10.9 Å². The Morgan fingerprint density at radius 3 is 3.11 bits per heavy atom. The summed E-state index contributed by atoms with van der Waals surface area (Å²) in [6.45, 7) is -0.240. The number of H-pyrrole nitrogens is 1. The zero-order chi connectivity index (χ0) is 13.7. The molecule has 0 spiro atoms. The first-order valence-electron chi connectivity index (χ1n) is 5.47. The minimum Gasteiger partial charge on any atom is -0.386 e. The number of thiocarbonyl (C=S) groups is 1. The van der Waals surface area contributed by atoms with Crippen LogP contribution in [0, 0.1) is 0 Å². The molecule has 0 aliphatic rings. The van der Waals surface area contributed by atoms with Gasteiger partial charge in [-0.1, -0.05) is 23.4 Å². The number of carbonyl (C=O) groups is 1. The molecule has 1 aromatic heterocycles. The van der Waals surface area contributed by atoms with Crippen molar-refractivity contribution in [3.05, 3.63) is 36.0 Å². The quantitative estimate of drug-likeness (QED) is 0.439. The predicted octanol–water partition coefficient (Wildman–Crippen LogP) is 0.878. The molecule has 0 fully saturated rings. The molecule has 0 saturated heterocycles. The highest BCUT2D eigenvalue weighted by molar-refractivity contribution is 7.80. The normalized spacial score (nSPS) is 10.7. The van der Waals surface area contributed by atoms with Crippen LogP contribution in [0.5, 0.6) is 0 Å². The largest absolute Gasteiger partial charge is 0.386 e. The second kappa shape index (κ2) is 5.96. The molecule has 2 aromatic rings. The van der Waals surface area contributed by atoms with E-state index in [9.17, 15) is 4.79 Å². The van der Waals surface area contributed by atoms with Crippen LogP contribution in [0.2, 0.25) is 0 Å². The maximum Gasteiger partial charge on any atom is 0.266 e. The SMILES string of the molecule is NC(=S)NC(=O)CO/N=C/c1c[nH]c2ccccc12. The second-order valence-electron chi connectivity index (χ2n) is 3.71. The van der Waals surface area contributed by atoms with Crippen LogP contribution in [0.1, 0.15) is 5.56 Å². The zero-order valence-electron chi connectivity index (χ0n) is 9.92.